The van der Waals surface area contributed by atoms with E-state index in [1.807, 2.05) is 103 Å². The topological polar surface area (TPSA) is 47.9 Å². The fourth-order valence-electron chi connectivity index (χ4n) is 4.08. The fourth-order valence-corrected chi connectivity index (χ4v) is 4.08. The lowest BCUT2D eigenvalue weighted by Crippen LogP contribution is -2.31. The maximum Gasteiger partial charge on any atom is 0.338 e. The summed E-state index contributed by atoms with van der Waals surface area (Å²) in [5.41, 5.74) is 4.31. The highest BCUT2D eigenvalue weighted by Crippen LogP contribution is 2.40. The van der Waals surface area contributed by atoms with Gasteiger partial charge in [0.05, 0.1) is 11.8 Å². The first-order valence-corrected chi connectivity index (χ1v) is 10.5. The number of hydrogen-bond acceptors (Lipinski definition) is 4. The Morgan fingerprint density at radius 1 is 0.750 bits per heavy atom. The van der Waals surface area contributed by atoms with E-state index in [2.05, 4.69) is 5.16 Å². The third kappa shape index (κ3) is 3.56. The fraction of sp³-hybridized carbons (Fsp3) is 0.0714. The minimum atomic E-state index is -0.921. The Labute approximate surface area is 186 Å². The molecule has 0 bridgehead atoms. The number of esters is 1. The van der Waals surface area contributed by atoms with Crippen molar-refractivity contribution in [1.29, 1.82) is 0 Å². The molecule has 0 fully saturated rings. The quantitative estimate of drug-likeness (QED) is 0.174. The van der Waals surface area contributed by atoms with Gasteiger partial charge in [-0.15, -0.1) is 0 Å². The molecule has 4 aromatic carbocycles. The van der Waals surface area contributed by atoms with E-state index in [1.165, 1.54) is 0 Å². The van der Waals surface area contributed by atoms with Crippen LogP contribution in [0.4, 0.5) is 0 Å². The second-order valence-electron chi connectivity index (χ2n) is 7.60. The Morgan fingerprint density at radius 3 is 1.81 bits per heavy atom. The monoisotopic (exact) mass is 419 g/mol. The Kier molecular flexibility index (Phi) is 5.26. The van der Waals surface area contributed by atoms with E-state index < -0.39 is 5.60 Å². The summed E-state index contributed by atoms with van der Waals surface area (Å²) in [6, 6.07) is 35.8. The van der Waals surface area contributed by atoms with Crippen LogP contribution in [0.15, 0.2) is 114 Å². The maximum absolute atomic E-state index is 11.7. The number of oxime groups is 1. The molecule has 0 saturated carbocycles. The lowest BCUT2D eigenvalue weighted by molar-refractivity contribution is 0.0183. The highest BCUT2D eigenvalue weighted by atomic mass is 16.6. The lowest BCUT2D eigenvalue weighted by Gasteiger charge is -2.33. The molecule has 1 aliphatic rings. The van der Waals surface area contributed by atoms with Gasteiger partial charge in [-0.3, -0.25) is 0 Å². The van der Waals surface area contributed by atoms with Gasteiger partial charge >= 0.3 is 5.97 Å². The number of cyclic esters (lactones) is 1. The zero-order chi connectivity index (χ0) is 21.8. The molecule has 0 unspecified atom stereocenters. The summed E-state index contributed by atoms with van der Waals surface area (Å²) in [6.07, 6.45) is 1.67. The standard InChI is InChI=1S/C28H21NO3/c30-27-26-17-16-21(18-22(26)20-31-27)19-29-32-28(23-10-4-1-5-11-23,24-12-6-2-7-13-24)25-14-8-3-9-15-25/h1-19H,20H2/b29-19+. The maximum atomic E-state index is 11.7. The lowest BCUT2D eigenvalue weighted by atomic mass is 9.80. The minimum Gasteiger partial charge on any atom is -0.457 e. The number of ether oxygens (including phenoxy) is 1. The number of hydrogen-bond donors (Lipinski definition) is 0. The number of carbonyl (C=O) groups is 1. The van der Waals surface area contributed by atoms with Crippen LogP contribution in [0, 0.1) is 0 Å². The normalized spacial score (nSPS) is 13.1. The predicted molar refractivity (Wildman–Crippen MR) is 123 cm³/mol. The third-order valence-electron chi connectivity index (χ3n) is 5.64. The van der Waals surface area contributed by atoms with Crippen molar-refractivity contribution in [3.8, 4) is 0 Å². The molecule has 32 heavy (non-hydrogen) atoms. The van der Waals surface area contributed by atoms with Crippen LogP contribution in [-0.4, -0.2) is 12.2 Å². The molecule has 1 heterocycles. The molecule has 0 N–H and O–H groups in total. The van der Waals surface area contributed by atoms with Crippen molar-refractivity contribution in [2.45, 2.75) is 12.2 Å². The van der Waals surface area contributed by atoms with E-state index >= 15 is 0 Å². The molecule has 0 atom stereocenters. The Bertz CT molecular complexity index is 1160. The SMILES string of the molecule is O=C1OCc2cc(/C=N/OC(c3ccccc3)(c3ccccc3)c3ccccc3)ccc21. The Morgan fingerprint density at radius 2 is 1.28 bits per heavy atom. The number of carbonyl (C=O) groups excluding carboxylic acids is 1. The molecular formula is C28H21NO3. The van der Waals surface area contributed by atoms with Gasteiger partial charge in [-0.25, -0.2) is 4.79 Å². The van der Waals surface area contributed by atoms with Crippen molar-refractivity contribution >= 4 is 12.2 Å². The number of fused-ring (bicyclic) bond motifs is 1. The van der Waals surface area contributed by atoms with E-state index in [0.29, 0.717) is 12.2 Å². The zero-order valence-corrected chi connectivity index (χ0v) is 17.3. The first kappa shape index (κ1) is 19.8. The van der Waals surface area contributed by atoms with Crippen molar-refractivity contribution in [3.63, 3.8) is 0 Å². The molecule has 156 valence electrons. The number of benzene rings is 4. The summed E-state index contributed by atoms with van der Waals surface area (Å²) >= 11 is 0. The molecule has 0 aliphatic carbocycles. The van der Waals surface area contributed by atoms with Crippen molar-refractivity contribution in [2.24, 2.45) is 5.16 Å². The van der Waals surface area contributed by atoms with Gasteiger partial charge in [0.25, 0.3) is 0 Å². The first-order chi connectivity index (χ1) is 15.8. The molecule has 4 heteroatoms. The predicted octanol–water partition coefficient (Wildman–Crippen LogP) is 5.70. The molecule has 1 aliphatic heterocycles. The molecule has 0 saturated heterocycles. The van der Waals surface area contributed by atoms with E-state index in [0.717, 1.165) is 27.8 Å². The van der Waals surface area contributed by atoms with Crippen LogP contribution in [0.3, 0.4) is 0 Å². The van der Waals surface area contributed by atoms with E-state index in [4.69, 9.17) is 9.57 Å². The molecule has 0 spiro atoms. The van der Waals surface area contributed by atoms with Gasteiger partial charge in [0.1, 0.15) is 6.61 Å². The van der Waals surface area contributed by atoms with Crippen LogP contribution in [0.5, 0.6) is 0 Å². The second-order valence-corrected chi connectivity index (χ2v) is 7.60. The summed E-state index contributed by atoms with van der Waals surface area (Å²) in [6.45, 7) is 0.290. The van der Waals surface area contributed by atoms with Crippen molar-refractivity contribution in [3.05, 3.63) is 143 Å². The summed E-state index contributed by atoms with van der Waals surface area (Å²) in [5.74, 6) is -0.281. The van der Waals surface area contributed by atoms with Crippen molar-refractivity contribution in [1.82, 2.24) is 0 Å². The van der Waals surface area contributed by atoms with Crippen LogP contribution in [0.25, 0.3) is 0 Å². The van der Waals surface area contributed by atoms with Gasteiger partial charge in [-0.05, 0) is 17.7 Å². The molecule has 4 aromatic rings. The summed E-state index contributed by atoms with van der Waals surface area (Å²) < 4.78 is 5.10. The average Bonchev–Trinajstić information content (AvgIpc) is 3.23. The van der Waals surface area contributed by atoms with Gasteiger partial charge in [0.2, 0.25) is 5.60 Å². The van der Waals surface area contributed by atoms with Crippen molar-refractivity contribution < 1.29 is 14.4 Å². The largest absolute Gasteiger partial charge is 0.457 e. The van der Waals surface area contributed by atoms with E-state index in [9.17, 15) is 4.79 Å². The second kappa shape index (κ2) is 8.52. The molecule has 0 radical (unpaired) electrons. The summed E-state index contributed by atoms with van der Waals surface area (Å²) in [5, 5.41) is 4.44. The van der Waals surface area contributed by atoms with Crippen molar-refractivity contribution in [2.75, 3.05) is 0 Å². The van der Waals surface area contributed by atoms with Gasteiger partial charge in [0, 0.05) is 22.3 Å². The van der Waals surface area contributed by atoms with Gasteiger partial charge < -0.3 is 9.57 Å². The molecule has 0 amide bonds. The number of rotatable bonds is 6. The van der Waals surface area contributed by atoms with E-state index in [1.54, 1.807) is 12.3 Å². The van der Waals surface area contributed by atoms with Gasteiger partial charge in [-0.2, -0.15) is 0 Å². The molecular weight excluding hydrogens is 398 g/mol. The Balaban J connectivity index is 1.59. The van der Waals surface area contributed by atoms with Crippen LogP contribution in [0.2, 0.25) is 0 Å². The van der Waals surface area contributed by atoms with Gasteiger partial charge in [-0.1, -0.05) is 102 Å². The van der Waals surface area contributed by atoms with Crippen LogP contribution in [0.1, 0.15) is 38.2 Å². The third-order valence-corrected chi connectivity index (χ3v) is 5.64. The molecule has 0 aromatic heterocycles. The Hall–Kier alpha value is -4.18. The zero-order valence-electron chi connectivity index (χ0n) is 17.3. The highest BCUT2D eigenvalue weighted by molar-refractivity contribution is 5.94. The average molecular weight is 419 g/mol. The highest BCUT2D eigenvalue weighted by Gasteiger charge is 2.39. The first-order valence-electron chi connectivity index (χ1n) is 10.5. The van der Waals surface area contributed by atoms with Crippen LogP contribution >= 0.6 is 0 Å². The molecule has 4 nitrogen and oxygen atoms in total. The van der Waals surface area contributed by atoms with Gasteiger partial charge in [0.15, 0.2) is 0 Å². The van der Waals surface area contributed by atoms with E-state index in [-0.39, 0.29) is 5.97 Å². The molecule has 5 rings (SSSR count). The summed E-state index contributed by atoms with van der Waals surface area (Å²) in [4.78, 5) is 18.1. The van der Waals surface area contributed by atoms with Crippen LogP contribution < -0.4 is 0 Å². The smallest absolute Gasteiger partial charge is 0.338 e. The summed E-state index contributed by atoms with van der Waals surface area (Å²) in [7, 11) is 0. The minimum absolute atomic E-state index is 0.281. The van der Waals surface area contributed by atoms with Crippen LogP contribution in [-0.2, 0) is 21.8 Å². The number of nitrogens with zero attached hydrogens (tertiary/aromatic N) is 1.